The zero-order valence-electron chi connectivity index (χ0n) is 13.8. The molecule has 0 aromatic carbocycles. The lowest BCUT2D eigenvalue weighted by Gasteiger charge is -2.28. The lowest BCUT2D eigenvalue weighted by molar-refractivity contribution is -0.257. The average molecular weight is 348 g/mol. The molecule has 0 bridgehead atoms. The van der Waals surface area contributed by atoms with Crippen molar-refractivity contribution in [1.29, 1.82) is 0 Å². The molecule has 0 aromatic rings. The molecule has 1 rings (SSSR count). The molecule has 1 heterocycles. The minimum atomic E-state index is -2.26. The van der Waals surface area contributed by atoms with Crippen LogP contribution in [0.5, 0.6) is 0 Å². The number of hydrogen-bond donors (Lipinski definition) is 1. The summed E-state index contributed by atoms with van der Waals surface area (Å²) in [5.74, 6) is -5.11. The SMILES string of the molecule is CC(=O)OC[C@@H]1O[C@@](O)(COC(C)=O)[C@@H](OC(C)=O)[C@@H]1OC(C)=O. The Morgan fingerprint density at radius 1 is 0.917 bits per heavy atom. The standard InChI is InChI=1S/C14H20O10/c1-7(15)20-5-11-12(22-9(3)17)13(23-10(4)18)14(19,24-11)6-21-8(2)16/h11-13,19H,5-6H2,1-4H3/t11-,12+,13-,14-/m0/s1. The van der Waals surface area contributed by atoms with Gasteiger partial charge in [0.25, 0.3) is 0 Å². The van der Waals surface area contributed by atoms with Crippen LogP contribution in [-0.2, 0) is 42.9 Å². The fraction of sp³-hybridized carbons (Fsp3) is 0.714. The number of aliphatic hydroxyl groups is 1. The number of ether oxygens (including phenoxy) is 5. The van der Waals surface area contributed by atoms with Gasteiger partial charge in [0.05, 0.1) is 0 Å². The zero-order valence-corrected chi connectivity index (χ0v) is 13.8. The second-order valence-corrected chi connectivity index (χ2v) is 5.19. The van der Waals surface area contributed by atoms with Gasteiger partial charge in [0.15, 0.2) is 12.2 Å². The van der Waals surface area contributed by atoms with Gasteiger partial charge in [0.2, 0.25) is 5.79 Å². The molecule has 0 aliphatic carbocycles. The van der Waals surface area contributed by atoms with Crippen LogP contribution >= 0.6 is 0 Å². The average Bonchev–Trinajstić information content (AvgIpc) is 2.68. The van der Waals surface area contributed by atoms with Crippen LogP contribution in [0.2, 0.25) is 0 Å². The Hall–Kier alpha value is -2.20. The summed E-state index contributed by atoms with van der Waals surface area (Å²) >= 11 is 0. The number of rotatable bonds is 6. The smallest absolute Gasteiger partial charge is 0.303 e. The van der Waals surface area contributed by atoms with Crippen molar-refractivity contribution in [2.45, 2.75) is 51.8 Å². The fourth-order valence-corrected chi connectivity index (χ4v) is 2.16. The molecule has 1 N–H and O–H groups in total. The summed E-state index contributed by atoms with van der Waals surface area (Å²) < 4.78 is 24.9. The Morgan fingerprint density at radius 3 is 1.92 bits per heavy atom. The van der Waals surface area contributed by atoms with Gasteiger partial charge in [-0.1, -0.05) is 0 Å². The van der Waals surface area contributed by atoms with Gasteiger partial charge < -0.3 is 28.8 Å². The predicted molar refractivity (Wildman–Crippen MR) is 74.2 cm³/mol. The molecule has 0 unspecified atom stereocenters. The van der Waals surface area contributed by atoms with Gasteiger partial charge in [-0.05, 0) is 0 Å². The molecule has 1 aliphatic heterocycles. The highest BCUT2D eigenvalue weighted by molar-refractivity contribution is 5.68. The van der Waals surface area contributed by atoms with Gasteiger partial charge in [-0.3, -0.25) is 19.2 Å². The van der Waals surface area contributed by atoms with E-state index in [2.05, 4.69) is 0 Å². The summed E-state index contributed by atoms with van der Waals surface area (Å²) in [6, 6.07) is 0. The summed E-state index contributed by atoms with van der Waals surface area (Å²) in [5, 5.41) is 10.6. The summed E-state index contributed by atoms with van der Waals surface area (Å²) in [7, 11) is 0. The quantitative estimate of drug-likeness (QED) is 0.473. The minimum absolute atomic E-state index is 0.368. The second kappa shape index (κ2) is 8.06. The van der Waals surface area contributed by atoms with Crippen LogP contribution in [0, 0.1) is 0 Å². The van der Waals surface area contributed by atoms with E-state index < -0.39 is 54.6 Å². The van der Waals surface area contributed by atoms with Crippen LogP contribution in [0.3, 0.4) is 0 Å². The highest BCUT2D eigenvalue weighted by atomic mass is 16.7. The van der Waals surface area contributed by atoms with Crippen molar-refractivity contribution >= 4 is 23.9 Å². The largest absolute Gasteiger partial charge is 0.463 e. The van der Waals surface area contributed by atoms with Crippen LogP contribution in [-0.4, -0.2) is 66.3 Å². The Balaban J connectivity index is 3.07. The molecule has 10 heteroatoms. The fourth-order valence-electron chi connectivity index (χ4n) is 2.16. The first kappa shape index (κ1) is 19.8. The van der Waals surface area contributed by atoms with Crippen LogP contribution in [0.4, 0.5) is 0 Å². The van der Waals surface area contributed by atoms with Crippen LogP contribution in [0.1, 0.15) is 27.7 Å². The maximum atomic E-state index is 11.3. The van der Waals surface area contributed by atoms with Gasteiger partial charge in [-0.2, -0.15) is 0 Å². The highest BCUT2D eigenvalue weighted by Gasteiger charge is 2.59. The topological polar surface area (TPSA) is 135 Å². The predicted octanol–water partition coefficient (Wildman–Crippen LogP) is -0.937. The normalized spacial score (nSPS) is 28.8. The Kier molecular flexibility index (Phi) is 6.67. The zero-order chi connectivity index (χ0) is 18.5. The maximum Gasteiger partial charge on any atom is 0.303 e. The molecule has 0 spiro atoms. The number of esters is 4. The van der Waals surface area contributed by atoms with E-state index in [0.717, 1.165) is 27.7 Å². The van der Waals surface area contributed by atoms with Gasteiger partial charge in [-0.15, -0.1) is 0 Å². The third-order valence-electron chi connectivity index (χ3n) is 2.99. The van der Waals surface area contributed by atoms with Crippen LogP contribution in [0.25, 0.3) is 0 Å². The van der Waals surface area contributed by atoms with E-state index >= 15 is 0 Å². The molecule has 136 valence electrons. The molecular formula is C14H20O10. The molecule has 1 aliphatic rings. The second-order valence-electron chi connectivity index (χ2n) is 5.19. The molecule has 0 amide bonds. The molecule has 1 saturated heterocycles. The first-order valence-electron chi connectivity index (χ1n) is 7.06. The summed E-state index contributed by atoms with van der Waals surface area (Å²) in [6.45, 7) is 3.42. The lowest BCUT2D eigenvalue weighted by Crippen LogP contribution is -2.50. The molecule has 1 fully saturated rings. The summed E-state index contributed by atoms with van der Waals surface area (Å²) in [5.41, 5.74) is 0. The van der Waals surface area contributed by atoms with Crippen molar-refractivity contribution < 1.29 is 48.0 Å². The van der Waals surface area contributed by atoms with E-state index in [0.29, 0.717) is 0 Å². The Bertz CT molecular complexity index is 516. The molecular weight excluding hydrogens is 328 g/mol. The maximum absolute atomic E-state index is 11.3. The van der Waals surface area contributed by atoms with E-state index in [9.17, 15) is 24.3 Å². The minimum Gasteiger partial charge on any atom is -0.463 e. The molecule has 0 aromatic heterocycles. The van der Waals surface area contributed by atoms with E-state index in [1.165, 1.54) is 0 Å². The summed E-state index contributed by atoms with van der Waals surface area (Å²) in [6.07, 6.45) is -3.85. The third kappa shape index (κ3) is 5.46. The molecule has 4 atom stereocenters. The molecule has 0 radical (unpaired) electrons. The molecule has 24 heavy (non-hydrogen) atoms. The van der Waals surface area contributed by atoms with E-state index in [1.807, 2.05) is 0 Å². The Labute approximate surface area is 137 Å². The third-order valence-corrected chi connectivity index (χ3v) is 2.99. The first-order valence-corrected chi connectivity index (χ1v) is 7.06. The van der Waals surface area contributed by atoms with Gasteiger partial charge in [0, 0.05) is 27.7 Å². The van der Waals surface area contributed by atoms with E-state index in [4.69, 9.17) is 23.7 Å². The van der Waals surface area contributed by atoms with Gasteiger partial charge in [-0.25, -0.2) is 0 Å². The van der Waals surface area contributed by atoms with E-state index in [1.54, 1.807) is 0 Å². The van der Waals surface area contributed by atoms with Crippen molar-refractivity contribution in [1.82, 2.24) is 0 Å². The number of carbonyl (C=O) groups excluding carboxylic acids is 4. The van der Waals surface area contributed by atoms with Crippen LogP contribution in [0.15, 0.2) is 0 Å². The first-order chi connectivity index (χ1) is 11.0. The number of carbonyl (C=O) groups is 4. The lowest BCUT2D eigenvalue weighted by atomic mass is 10.1. The van der Waals surface area contributed by atoms with Gasteiger partial charge >= 0.3 is 23.9 Å². The van der Waals surface area contributed by atoms with Crippen LogP contribution < -0.4 is 0 Å². The number of hydrogen-bond acceptors (Lipinski definition) is 10. The van der Waals surface area contributed by atoms with Crippen molar-refractivity contribution in [2.75, 3.05) is 13.2 Å². The van der Waals surface area contributed by atoms with Gasteiger partial charge in [0.1, 0.15) is 19.3 Å². The van der Waals surface area contributed by atoms with Crippen molar-refractivity contribution in [3.63, 3.8) is 0 Å². The molecule has 10 nitrogen and oxygen atoms in total. The Morgan fingerprint density at radius 2 is 1.46 bits per heavy atom. The summed E-state index contributed by atoms with van der Waals surface area (Å²) in [4.78, 5) is 44.5. The van der Waals surface area contributed by atoms with Crippen molar-refractivity contribution in [3.8, 4) is 0 Å². The van der Waals surface area contributed by atoms with E-state index in [-0.39, 0.29) is 6.61 Å². The monoisotopic (exact) mass is 348 g/mol. The van der Waals surface area contributed by atoms with Crippen molar-refractivity contribution in [3.05, 3.63) is 0 Å². The highest BCUT2D eigenvalue weighted by Crippen LogP contribution is 2.34. The molecule has 0 saturated carbocycles. The van der Waals surface area contributed by atoms with Crippen molar-refractivity contribution in [2.24, 2.45) is 0 Å².